The van der Waals surface area contributed by atoms with Crippen molar-refractivity contribution in [2.75, 3.05) is 6.54 Å². The number of hydrogen-bond acceptors (Lipinski definition) is 5. The third-order valence-corrected chi connectivity index (χ3v) is 6.26. The number of carbonyl (C=O) groups excluding carboxylic acids is 2. The first kappa shape index (κ1) is 30.7. The Morgan fingerprint density at radius 2 is 1.46 bits per heavy atom. The third kappa shape index (κ3) is 9.10. The van der Waals surface area contributed by atoms with Gasteiger partial charge in [-0.2, -0.15) is 5.26 Å². The number of hydrogen-bond donors (Lipinski definition) is 3. The minimum absolute atomic E-state index is 0.0219. The van der Waals surface area contributed by atoms with Crippen molar-refractivity contribution < 1.29 is 37.4 Å². The molecule has 3 rings (SSSR count). The van der Waals surface area contributed by atoms with Gasteiger partial charge in [-0.25, -0.2) is 0 Å². The Hall–Kier alpha value is -4.85. The molecule has 2 atom stereocenters. The van der Waals surface area contributed by atoms with E-state index in [0.717, 1.165) is 5.56 Å². The van der Waals surface area contributed by atoms with E-state index in [4.69, 9.17) is 10.4 Å². The van der Waals surface area contributed by atoms with Crippen molar-refractivity contribution in [2.45, 2.75) is 44.5 Å². The van der Waals surface area contributed by atoms with Gasteiger partial charge in [0.05, 0.1) is 24.1 Å². The fraction of sp³-hybridized carbons (Fsp3) is 0.267. The van der Waals surface area contributed by atoms with Crippen LogP contribution in [-0.2, 0) is 4.79 Å². The average Bonchev–Trinajstić information content (AvgIpc) is 2.94. The lowest BCUT2D eigenvalue weighted by Gasteiger charge is -2.29. The van der Waals surface area contributed by atoms with Gasteiger partial charge < -0.3 is 20.5 Å². The molecule has 0 aromatic heterocycles. The Balaban J connectivity index is 1.93. The van der Waals surface area contributed by atoms with Gasteiger partial charge in [-0.05, 0) is 66.1 Å². The highest BCUT2D eigenvalue weighted by Crippen LogP contribution is 2.36. The van der Waals surface area contributed by atoms with Gasteiger partial charge in [0.25, 0.3) is 11.8 Å². The molecule has 214 valence electrons. The van der Waals surface area contributed by atoms with E-state index in [-0.39, 0.29) is 18.9 Å². The van der Waals surface area contributed by atoms with E-state index in [1.54, 1.807) is 24.3 Å². The number of rotatable bonds is 12. The van der Waals surface area contributed by atoms with E-state index in [1.165, 1.54) is 48.5 Å². The highest BCUT2D eigenvalue weighted by molar-refractivity contribution is 5.95. The van der Waals surface area contributed by atoms with Crippen molar-refractivity contribution >= 4 is 17.8 Å². The summed E-state index contributed by atoms with van der Waals surface area (Å²) in [5, 5.41) is 23.3. The summed E-state index contributed by atoms with van der Waals surface area (Å²) in [5.74, 6) is -2.64. The van der Waals surface area contributed by atoms with Crippen molar-refractivity contribution in [1.82, 2.24) is 10.6 Å². The molecule has 0 saturated heterocycles. The Morgan fingerprint density at radius 3 is 2.00 bits per heavy atom. The molecule has 41 heavy (non-hydrogen) atoms. The molecule has 3 aromatic rings. The van der Waals surface area contributed by atoms with E-state index in [9.17, 15) is 27.6 Å². The summed E-state index contributed by atoms with van der Waals surface area (Å²) in [6.07, 6.45) is -3.77. The van der Waals surface area contributed by atoms with Crippen LogP contribution in [0.15, 0.2) is 72.8 Å². The fourth-order valence-electron chi connectivity index (χ4n) is 4.32. The molecule has 0 aliphatic rings. The molecule has 2 amide bonds. The molecule has 0 aliphatic carbocycles. The summed E-state index contributed by atoms with van der Waals surface area (Å²) in [6.45, 7) is 1.93. The second-order valence-corrected chi connectivity index (χ2v) is 9.17. The van der Waals surface area contributed by atoms with Crippen LogP contribution in [0.25, 0.3) is 0 Å². The molecule has 0 aliphatic heterocycles. The number of carbonyl (C=O) groups is 3. The zero-order chi connectivity index (χ0) is 30.0. The van der Waals surface area contributed by atoms with Crippen molar-refractivity contribution in [3.8, 4) is 11.8 Å². The van der Waals surface area contributed by atoms with E-state index >= 15 is 0 Å². The highest BCUT2D eigenvalue weighted by Gasteiger charge is 2.32. The van der Waals surface area contributed by atoms with E-state index in [0.29, 0.717) is 35.1 Å². The molecule has 2 unspecified atom stereocenters. The smallest absolute Gasteiger partial charge is 0.481 e. The maximum absolute atomic E-state index is 13.3. The van der Waals surface area contributed by atoms with Gasteiger partial charge in [0, 0.05) is 23.6 Å². The molecule has 11 heteroatoms. The summed E-state index contributed by atoms with van der Waals surface area (Å²) < 4.78 is 42.1. The van der Waals surface area contributed by atoms with Crippen molar-refractivity contribution in [2.24, 2.45) is 0 Å². The van der Waals surface area contributed by atoms with E-state index in [2.05, 4.69) is 15.4 Å². The van der Waals surface area contributed by atoms with Crippen LogP contribution in [0.4, 0.5) is 13.2 Å². The minimum Gasteiger partial charge on any atom is -0.481 e. The van der Waals surface area contributed by atoms with Crippen molar-refractivity contribution in [3.63, 3.8) is 0 Å². The molecule has 0 heterocycles. The number of aliphatic carboxylic acids is 1. The predicted octanol–water partition coefficient (Wildman–Crippen LogP) is 5.72. The maximum atomic E-state index is 13.3. The number of nitrogens with zero attached hydrogens (tertiary/aromatic N) is 1. The molecule has 0 bridgehead atoms. The number of halogens is 3. The zero-order valence-corrected chi connectivity index (χ0v) is 22.1. The van der Waals surface area contributed by atoms with Crippen LogP contribution < -0.4 is 15.4 Å². The number of carboxylic acid groups (broad SMARTS) is 1. The SMILES string of the molecule is CCCC(c1ccc(C(=O)NCCC(=O)O)cc1)C(NC(=O)c1ccc(C#N)cc1)c1ccc(OC(F)(F)F)cc1. The molecule has 3 aromatic carbocycles. The quantitative estimate of drug-likeness (QED) is 0.257. The van der Waals surface area contributed by atoms with E-state index in [1.807, 2.05) is 13.0 Å². The summed E-state index contributed by atoms with van der Waals surface area (Å²) in [6, 6.07) is 19.3. The topological polar surface area (TPSA) is 129 Å². The van der Waals surface area contributed by atoms with Crippen LogP contribution in [0.2, 0.25) is 0 Å². The Labute approximate surface area is 234 Å². The Morgan fingerprint density at radius 1 is 0.902 bits per heavy atom. The molecular formula is C30H28F3N3O5. The predicted molar refractivity (Wildman–Crippen MR) is 143 cm³/mol. The molecule has 0 fully saturated rings. The maximum Gasteiger partial charge on any atom is 0.573 e. The second kappa shape index (κ2) is 14.0. The van der Waals surface area contributed by atoms with Crippen LogP contribution in [-0.4, -0.2) is 35.8 Å². The van der Waals surface area contributed by atoms with Crippen LogP contribution in [0.5, 0.6) is 5.75 Å². The fourth-order valence-corrected chi connectivity index (χ4v) is 4.32. The van der Waals surface area contributed by atoms with Gasteiger partial charge in [-0.1, -0.05) is 37.6 Å². The molecule has 0 saturated carbocycles. The third-order valence-electron chi connectivity index (χ3n) is 6.26. The highest BCUT2D eigenvalue weighted by atomic mass is 19.4. The number of alkyl halides is 3. The molecule has 0 radical (unpaired) electrons. The standard InChI is InChI=1S/C30H28F3N3O5/c1-2-3-25(20-8-10-22(11-9-20)28(39)35-17-16-26(37)38)27(21-12-14-24(15-13-21)41-30(31,32)33)36-29(40)23-6-4-19(18-34)5-7-23/h4-15,25,27H,2-3,16-17H2,1H3,(H,35,39)(H,36,40)(H,37,38). The molecule has 0 spiro atoms. The molecular weight excluding hydrogens is 539 g/mol. The zero-order valence-electron chi connectivity index (χ0n) is 22.1. The molecule has 8 nitrogen and oxygen atoms in total. The monoisotopic (exact) mass is 567 g/mol. The first-order valence-corrected chi connectivity index (χ1v) is 12.8. The normalized spacial score (nSPS) is 12.5. The molecule has 3 N–H and O–H groups in total. The van der Waals surface area contributed by atoms with Crippen molar-refractivity contribution in [1.29, 1.82) is 5.26 Å². The number of ether oxygens (including phenoxy) is 1. The van der Waals surface area contributed by atoms with Gasteiger partial charge in [0.1, 0.15) is 5.75 Å². The van der Waals surface area contributed by atoms with E-state index < -0.39 is 35.9 Å². The lowest BCUT2D eigenvalue weighted by atomic mass is 9.83. The lowest BCUT2D eigenvalue weighted by Crippen LogP contribution is -2.33. The Kier molecular flexibility index (Phi) is 10.5. The second-order valence-electron chi connectivity index (χ2n) is 9.17. The lowest BCUT2D eigenvalue weighted by molar-refractivity contribution is -0.274. The number of amides is 2. The number of carboxylic acids is 1. The largest absolute Gasteiger partial charge is 0.573 e. The number of benzene rings is 3. The number of nitrogens with one attached hydrogen (secondary N) is 2. The summed E-state index contributed by atoms with van der Waals surface area (Å²) in [4.78, 5) is 36.4. The van der Waals surface area contributed by atoms with Gasteiger partial charge in [-0.3, -0.25) is 14.4 Å². The summed E-state index contributed by atoms with van der Waals surface area (Å²) in [7, 11) is 0. The average molecular weight is 568 g/mol. The minimum atomic E-state index is -4.85. The number of nitriles is 1. The van der Waals surface area contributed by atoms with Gasteiger partial charge in [-0.15, -0.1) is 13.2 Å². The Bertz CT molecular complexity index is 1380. The van der Waals surface area contributed by atoms with Gasteiger partial charge >= 0.3 is 12.3 Å². The summed E-state index contributed by atoms with van der Waals surface area (Å²) >= 11 is 0. The van der Waals surface area contributed by atoms with Gasteiger partial charge in [0.2, 0.25) is 0 Å². The van der Waals surface area contributed by atoms with Crippen LogP contribution >= 0.6 is 0 Å². The first-order chi connectivity index (χ1) is 19.5. The summed E-state index contributed by atoms with van der Waals surface area (Å²) in [5.41, 5.74) is 2.32. The van der Waals surface area contributed by atoms with Crippen LogP contribution in [0, 0.1) is 11.3 Å². The van der Waals surface area contributed by atoms with Crippen molar-refractivity contribution in [3.05, 3.63) is 101 Å². The van der Waals surface area contributed by atoms with Crippen LogP contribution in [0.3, 0.4) is 0 Å². The van der Waals surface area contributed by atoms with Crippen LogP contribution in [0.1, 0.15) is 75.6 Å². The van der Waals surface area contributed by atoms with Gasteiger partial charge in [0.15, 0.2) is 0 Å². The first-order valence-electron chi connectivity index (χ1n) is 12.8.